The van der Waals surface area contributed by atoms with E-state index in [0.717, 1.165) is 37.9 Å². The van der Waals surface area contributed by atoms with Crippen molar-refractivity contribution in [3.63, 3.8) is 0 Å². The SMILES string of the molecule is CCCC(NC(=O)CC1CCCN1)c1cccc(C(F)(F)F)c1. The van der Waals surface area contributed by atoms with Crippen LogP contribution in [0.25, 0.3) is 0 Å². The van der Waals surface area contributed by atoms with E-state index in [9.17, 15) is 18.0 Å². The minimum absolute atomic E-state index is 0.111. The van der Waals surface area contributed by atoms with Crippen LogP contribution in [0.1, 0.15) is 56.2 Å². The average Bonchev–Trinajstić information content (AvgIpc) is 2.99. The average molecular weight is 328 g/mol. The van der Waals surface area contributed by atoms with Gasteiger partial charge in [-0.05, 0) is 43.5 Å². The Morgan fingerprint density at radius 3 is 2.83 bits per heavy atom. The predicted octanol–water partition coefficient (Wildman–Crippen LogP) is 3.80. The fourth-order valence-corrected chi connectivity index (χ4v) is 2.95. The van der Waals surface area contributed by atoms with E-state index in [0.29, 0.717) is 18.4 Å². The molecule has 6 heteroatoms. The van der Waals surface area contributed by atoms with Gasteiger partial charge in [0.15, 0.2) is 0 Å². The van der Waals surface area contributed by atoms with E-state index < -0.39 is 11.7 Å². The molecule has 3 nitrogen and oxygen atoms in total. The Morgan fingerprint density at radius 2 is 2.22 bits per heavy atom. The normalized spacial score (nSPS) is 19.6. The van der Waals surface area contributed by atoms with Gasteiger partial charge in [0.1, 0.15) is 0 Å². The summed E-state index contributed by atoms with van der Waals surface area (Å²) in [6, 6.07) is 5.02. The zero-order chi connectivity index (χ0) is 16.9. The first-order valence-corrected chi connectivity index (χ1v) is 8.10. The molecule has 0 radical (unpaired) electrons. The topological polar surface area (TPSA) is 41.1 Å². The van der Waals surface area contributed by atoms with E-state index >= 15 is 0 Å². The third kappa shape index (κ3) is 5.23. The molecule has 0 aliphatic carbocycles. The molecule has 1 aromatic carbocycles. The standard InChI is InChI=1S/C17H23F3N2O/c1-2-5-15(22-16(23)11-14-8-4-9-21-14)12-6-3-7-13(10-12)17(18,19)20/h3,6-7,10,14-15,21H,2,4-5,8-9,11H2,1H3,(H,22,23). The first-order valence-electron chi connectivity index (χ1n) is 8.10. The molecule has 0 spiro atoms. The van der Waals surface area contributed by atoms with Crippen LogP contribution in [-0.2, 0) is 11.0 Å². The van der Waals surface area contributed by atoms with Crippen LogP contribution in [0.5, 0.6) is 0 Å². The Labute approximate surface area is 134 Å². The number of carbonyl (C=O) groups is 1. The van der Waals surface area contributed by atoms with Gasteiger partial charge in [0.25, 0.3) is 0 Å². The number of halogens is 3. The van der Waals surface area contributed by atoms with E-state index in [-0.39, 0.29) is 18.0 Å². The van der Waals surface area contributed by atoms with E-state index in [4.69, 9.17) is 0 Å². The summed E-state index contributed by atoms with van der Waals surface area (Å²) in [6.45, 7) is 2.87. The van der Waals surface area contributed by atoms with Gasteiger partial charge in [-0.25, -0.2) is 0 Å². The molecule has 23 heavy (non-hydrogen) atoms. The van der Waals surface area contributed by atoms with Gasteiger partial charge in [-0.1, -0.05) is 25.5 Å². The van der Waals surface area contributed by atoms with Crippen LogP contribution in [0, 0.1) is 0 Å². The molecule has 0 bridgehead atoms. The van der Waals surface area contributed by atoms with Crippen molar-refractivity contribution in [2.45, 2.75) is 57.3 Å². The number of alkyl halides is 3. The maximum absolute atomic E-state index is 12.9. The number of hydrogen-bond acceptors (Lipinski definition) is 2. The zero-order valence-electron chi connectivity index (χ0n) is 13.2. The smallest absolute Gasteiger partial charge is 0.349 e. The number of carbonyl (C=O) groups excluding carboxylic acids is 1. The summed E-state index contributed by atoms with van der Waals surface area (Å²) in [7, 11) is 0. The third-order valence-electron chi connectivity index (χ3n) is 4.12. The fourth-order valence-electron chi connectivity index (χ4n) is 2.95. The van der Waals surface area contributed by atoms with Crippen molar-refractivity contribution in [3.05, 3.63) is 35.4 Å². The zero-order valence-corrected chi connectivity index (χ0v) is 13.2. The third-order valence-corrected chi connectivity index (χ3v) is 4.12. The second-order valence-electron chi connectivity index (χ2n) is 6.03. The second kappa shape index (κ2) is 7.81. The molecule has 2 unspecified atom stereocenters. The molecule has 2 atom stereocenters. The summed E-state index contributed by atoms with van der Waals surface area (Å²) in [5.74, 6) is -0.111. The predicted molar refractivity (Wildman–Crippen MR) is 82.9 cm³/mol. The van der Waals surface area contributed by atoms with Gasteiger partial charge in [-0.2, -0.15) is 13.2 Å². The molecular formula is C17H23F3N2O. The number of amides is 1. The van der Waals surface area contributed by atoms with Gasteiger partial charge >= 0.3 is 6.18 Å². The lowest BCUT2D eigenvalue weighted by Crippen LogP contribution is -2.34. The molecule has 2 N–H and O–H groups in total. The van der Waals surface area contributed by atoms with Crippen molar-refractivity contribution in [1.82, 2.24) is 10.6 Å². The molecule has 1 saturated heterocycles. The Bertz CT molecular complexity index is 525. The van der Waals surface area contributed by atoms with Crippen molar-refractivity contribution < 1.29 is 18.0 Å². The molecule has 1 aliphatic rings. The monoisotopic (exact) mass is 328 g/mol. The molecule has 1 heterocycles. The minimum atomic E-state index is -4.37. The largest absolute Gasteiger partial charge is 0.416 e. The molecule has 1 fully saturated rings. The van der Waals surface area contributed by atoms with Crippen LogP contribution in [-0.4, -0.2) is 18.5 Å². The van der Waals surface area contributed by atoms with Gasteiger partial charge in [0, 0.05) is 12.5 Å². The number of nitrogens with one attached hydrogen (secondary N) is 2. The van der Waals surface area contributed by atoms with Gasteiger partial charge in [0.05, 0.1) is 11.6 Å². The van der Waals surface area contributed by atoms with Crippen LogP contribution in [0.4, 0.5) is 13.2 Å². The Morgan fingerprint density at radius 1 is 1.43 bits per heavy atom. The molecule has 1 amide bonds. The molecule has 2 rings (SSSR count). The Kier molecular flexibility index (Phi) is 6.04. The van der Waals surface area contributed by atoms with Crippen LogP contribution in [0.2, 0.25) is 0 Å². The maximum atomic E-state index is 12.9. The van der Waals surface area contributed by atoms with Crippen molar-refractivity contribution in [2.75, 3.05) is 6.54 Å². The van der Waals surface area contributed by atoms with Crippen molar-refractivity contribution >= 4 is 5.91 Å². The maximum Gasteiger partial charge on any atom is 0.416 e. The molecule has 1 aromatic rings. The van der Waals surface area contributed by atoms with E-state index in [1.165, 1.54) is 6.07 Å². The Balaban J connectivity index is 2.06. The Hall–Kier alpha value is -1.56. The minimum Gasteiger partial charge on any atom is -0.349 e. The van der Waals surface area contributed by atoms with E-state index in [1.807, 2.05) is 6.92 Å². The first-order chi connectivity index (χ1) is 10.9. The van der Waals surface area contributed by atoms with Gasteiger partial charge in [0.2, 0.25) is 5.91 Å². The van der Waals surface area contributed by atoms with Crippen LogP contribution in [0.15, 0.2) is 24.3 Å². The summed E-state index contributed by atoms with van der Waals surface area (Å²) in [4.78, 5) is 12.2. The number of hydrogen-bond donors (Lipinski definition) is 2. The highest BCUT2D eigenvalue weighted by Crippen LogP contribution is 2.31. The summed E-state index contributed by atoms with van der Waals surface area (Å²) < 4.78 is 38.6. The summed E-state index contributed by atoms with van der Waals surface area (Å²) >= 11 is 0. The van der Waals surface area contributed by atoms with Crippen molar-refractivity contribution in [2.24, 2.45) is 0 Å². The lowest BCUT2D eigenvalue weighted by Gasteiger charge is -2.21. The molecule has 128 valence electrons. The van der Waals surface area contributed by atoms with Crippen molar-refractivity contribution in [1.29, 1.82) is 0 Å². The van der Waals surface area contributed by atoms with Crippen molar-refractivity contribution in [3.8, 4) is 0 Å². The van der Waals surface area contributed by atoms with E-state index in [1.54, 1.807) is 6.07 Å². The lowest BCUT2D eigenvalue weighted by atomic mass is 9.99. The molecule has 0 saturated carbocycles. The fraction of sp³-hybridized carbons (Fsp3) is 0.588. The number of rotatable bonds is 6. The molecule has 1 aliphatic heterocycles. The number of benzene rings is 1. The van der Waals surface area contributed by atoms with Gasteiger partial charge in [-0.15, -0.1) is 0 Å². The highest BCUT2D eigenvalue weighted by Gasteiger charge is 2.31. The summed E-state index contributed by atoms with van der Waals surface area (Å²) in [5.41, 5.74) is -0.169. The van der Waals surface area contributed by atoms with Crippen LogP contribution < -0.4 is 10.6 Å². The summed E-state index contributed by atoms with van der Waals surface area (Å²) in [6.07, 6.45) is -0.572. The molecular weight excluding hydrogens is 305 g/mol. The van der Waals surface area contributed by atoms with Gasteiger partial charge < -0.3 is 10.6 Å². The highest BCUT2D eigenvalue weighted by atomic mass is 19.4. The van der Waals surface area contributed by atoms with Crippen LogP contribution in [0.3, 0.4) is 0 Å². The molecule has 0 aromatic heterocycles. The van der Waals surface area contributed by atoms with Crippen LogP contribution >= 0.6 is 0 Å². The second-order valence-corrected chi connectivity index (χ2v) is 6.03. The highest BCUT2D eigenvalue weighted by molar-refractivity contribution is 5.77. The quantitative estimate of drug-likeness (QED) is 0.834. The van der Waals surface area contributed by atoms with Gasteiger partial charge in [-0.3, -0.25) is 4.79 Å². The lowest BCUT2D eigenvalue weighted by molar-refractivity contribution is -0.137. The first kappa shape index (κ1) is 17.8. The van der Waals surface area contributed by atoms with E-state index in [2.05, 4.69) is 10.6 Å². The summed E-state index contributed by atoms with van der Waals surface area (Å²) in [5, 5.41) is 6.15.